The van der Waals surface area contributed by atoms with E-state index in [1.165, 1.54) is 18.2 Å². The fourth-order valence-corrected chi connectivity index (χ4v) is 2.66. The SMILES string of the molecule is Cc1cc(=O)oc2cc(OCC(=O)N[C@H](C)c3ccc(F)cc3)ccc12. The molecule has 0 unspecified atom stereocenters. The van der Waals surface area contributed by atoms with Gasteiger partial charge in [0.05, 0.1) is 6.04 Å². The summed E-state index contributed by atoms with van der Waals surface area (Å²) in [5.41, 5.74) is 1.59. The van der Waals surface area contributed by atoms with E-state index in [4.69, 9.17) is 9.15 Å². The molecule has 0 spiro atoms. The minimum Gasteiger partial charge on any atom is -0.484 e. The Morgan fingerprint density at radius 1 is 1.19 bits per heavy atom. The fourth-order valence-electron chi connectivity index (χ4n) is 2.66. The lowest BCUT2D eigenvalue weighted by Crippen LogP contribution is -2.31. The van der Waals surface area contributed by atoms with Crippen LogP contribution in [0, 0.1) is 12.7 Å². The molecule has 134 valence electrons. The molecule has 0 radical (unpaired) electrons. The highest BCUT2D eigenvalue weighted by molar-refractivity contribution is 5.81. The molecule has 6 heteroatoms. The number of halogens is 1. The second-order valence-electron chi connectivity index (χ2n) is 6.04. The highest BCUT2D eigenvalue weighted by Gasteiger charge is 2.11. The zero-order valence-corrected chi connectivity index (χ0v) is 14.4. The lowest BCUT2D eigenvalue weighted by Gasteiger charge is -2.15. The van der Waals surface area contributed by atoms with Gasteiger partial charge in [0.25, 0.3) is 5.91 Å². The van der Waals surface area contributed by atoms with Crippen LogP contribution < -0.4 is 15.7 Å². The van der Waals surface area contributed by atoms with Gasteiger partial charge in [-0.15, -0.1) is 0 Å². The number of ether oxygens (including phenoxy) is 1. The van der Waals surface area contributed by atoms with Gasteiger partial charge >= 0.3 is 5.63 Å². The van der Waals surface area contributed by atoms with Gasteiger partial charge in [0.2, 0.25) is 0 Å². The van der Waals surface area contributed by atoms with Crippen molar-refractivity contribution in [1.29, 1.82) is 0 Å². The van der Waals surface area contributed by atoms with E-state index in [9.17, 15) is 14.0 Å². The minimum absolute atomic E-state index is 0.187. The highest BCUT2D eigenvalue weighted by atomic mass is 19.1. The molecular formula is C20H18FNO4. The van der Waals surface area contributed by atoms with Gasteiger partial charge in [-0.25, -0.2) is 9.18 Å². The Labute approximate surface area is 149 Å². The average Bonchev–Trinajstić information content (AvgIpc) is 2.60. The van der Waals surface area contributed by atoms with Crippen LogP contribution in [0.3, 0.4) is 0 Å². The van der Waals surface area contributed by atoms with Crippen molar-refractivity contribution in [3.8, 4) is 5.75 Å². The summed E-state index contributed by atoms with van der Waals surface area (Å²) >= 11 is 0. The summed E-state index contributed by atoms with van der Waals surface area (Å²) < 4.78 is 23.6. The molecule has 3 rings (SSSR count). The zero-order valence-electron chi connectivity index (χ0n) is 14.4. The number of benzene rings is 2. The largest absolute Gasteiger partial charge is 0.484 e. The Balaban J connectivity index is 1.63. The second-order valence-corrected chi connectivity index (χ2v) is 6.04. The van der Waals surface area contributed by atoms with Crippen molar-refractivity contribution >= 4 is 16.9 Å². The molecule has 1 aromatic heterocycles. The van der Waals surface area contributed by atoms with Gasteiger partial charge in [-0.2, -0.15) is 0 Å². The Morgan fingerprint density at radius 3 is 2.65 bits per heavy atom. The second kappa shape index (κ2) is 7.39. The molecule has 0 fully saturated rings. The predicted octanol–water partition coefficient (Wildman–Crippen LogP) is 3.50. The molecule has 1 amide bonds. The normalized spacial score (nSPS) is 12.0. The van der Waals surface area contributed by atoms with E-state index in [0.29, 0.717) is 11.3 Å². The smallest absolute Gasteiger partial charge is 0.336 e. The van der Waals surface area contributed by atoms with Crippen molar-refractivity contribution in [3.05, 3.63) is 75.9 Å². The summed E-state index contributed by atoms with van der Waals surface area (Å²) in [6.45, 7) is 3.44. The third-order valence-electron chi connectivity index (χ3n) is 4.04. The van der Waals surface area contributed by atoms with Crippen molar-refractivity contribution in [2.45, 2.75) is 19.9 Å². The predicted molar refractivity (Wildman–Crippen MR) is 95.7 cm³/mol. The molecule has 0 aliphatic heterocycles. The number of carbonyl (C=O) groups excluding carboxylic acids is 1. The van der Waals surface area contributed by atoms with Gasteiger partial charge in [-0.1, -0.05) is 12.1 Å². The third-order valence-corrected chi connectivity index (χ3v) is 4.04. The minimum atomic E-state index is -0.432. The maximum atomic E-state index is 12.9. The van der Waals surface area contributed by atoms with Crippen LogP contribution in [0.25, 0.3) is 11.0 Å². The van der Waals surface area contributed by atoms with E-state index in [1.54, 1.807) is 37.3 Å². The summed E-state index contributed by atoms with van der Waals surface area (Å²) in [6, 6.07) is 12.2. The quantitative estimate of drug-likeness (QED) is 0.711. The number of aryl methyl sites for hydroxylation is 1. The van der Waals surface area contributed by atoms with Gasteiger partial charge in [0.15, 0.2) is 6.61 Å². The Kier molecular flexibility index (Phi) is 5.02. The molecule has 2 aromatic carbocycles. The first-order chi connectivity index (χ1) is 12.4. The van der Waals surface area contributed by atoms with Crippen LogP contribution in [-0.4, -0.2) is 12.5 Å². The van der Waals surface area contributed by atoms with Crippen molar-refractivity contribution in [3.63, 3.8) is 0 Å². The molecule has 5 nitrogen and oxygen atoms in total. The number of rotatable bonds is 5. The fraction of sp³-hybridized carbons (Fsp3) is 0.200. The number of carbonyl (C=O) groups is 1. The molecule has 0 aliphatic rings. The molecule has 1 atom stereocenters. The summed E-state index contributed by atoms with van der Waals surface area (Å²) in [5.74, 6) is -0.211. The van der Waals surface area contributed by atoms with Crippen molar-refractivity contribution < 1.29 is 18.3 Å². The van der Waals surface area contributed by atoms with E-state index < -0.39 is 5.63 Å². The summed E-state index contributed by atoms with van der Waals surface area (Å²) in [5, 5.41) is 3.59. The molecule has 0 saturated carbocycles. The number of nitrogens with one attached hydrogen (secondary N) is 1. The van der Waals surface area contributed by atoms with Crippen LogP contribution in [-0.2, 0) is 4.79 Å². The summed E-state index contributed by atoms with van der Waals surface area (Å²) in [4.78, 5) is 23.5. The lowest BCUT2D eigenvalue weighted by molar-refractivity contribution is -0.123. The van der Waals surface area contributed by atoms with E-state index in [2.05, 4.69) is 5.32 Å². The third kappa shape index (κ3) is 4.08. The van der Waals surface area contributed by atoms with Crippen LogP contribution >= 0.6 is 0 Å². The van der Waals surface area contributed by atoms with Crippen molar-refractivity contribution in [2.24, 2.45) is 0 Å². The summed E-state index contributed by atoms with van der Waals surface area (Å²) in [6.07, 6.45) is 0. The van der Waals surface area contributed by atoms with E-state index in [1.807, 2.05) is 6.92 Å². The lowest BCUT2D eigenvalue weighted by atomic mass is 10.1. The zero-order chi connectivity index (χ0) is 18.7. The van der Waals surface area contributed by atoms with Gasteiger partial charge < -0.3 is 14.5 Å². The van der Waals surface area contributed by atoms with Crippen LogP contribution in [0.2, 0.25) is 0 Å². The molecule has 0 saturated heterocycles. The monoisotopic (exact) mass is 355 g/mol. The van der Waals surface area contributed by atoms with Gasteiger partial charge in [-0.3, -0.25) is 4.79 Å². The highest BCUT2D eigenvalue weighted by Crippen LogP contribution is 2.22. The molecule has 1 heterocycles. The van der Waals surface area contributed by atoms with Crippen molar-refractivity contribution in [1.82, 2.24) is 5.32 Å². The molecule has 0 aliphatic carbocycles. The number of amides is 1. The topological polar surface area (TPSA) is 68.5 Å². The van der Waals surface area contributed by atoms with Gasteiger partial charge in [0.1, 0.15) is 17.1 Å². The Bertz CT molecular complexity index is 995. The van der Waals surface area contributed by atoms with Crippen LogP contribution in [0.5, 0.6) is 5.75 Å². The summed E-state index contributed by atoms with van der Waals surface area (Å²) in [7, 11) is 0. The average molecular weight is 355 g/mol. The Morgan fingerprint density at radius 2 is 1.92 bits per heavy atom. The first-order valence-electron chi connectivity index (χ1n) is 8.14. The van der Waals surface area contributed by atoms with Gasteiger partial charge in [-0.05, 0) is 49.2 Å². The molecule has 26 heavy (non-hydrogen) atoms. The number of hydrogen-bond donors (Lipinski definition) is 1. The number of fused-ring (bicyclic) bond motifs is 1. The maximum Gasteiger partial charge on any atom is 0.336 e. The van der Waals surface area contributed by atoms with E-state index in [0.717, 1.165) is 16.5 Å². The Hall–Kier alpha value is -3.15. The van der Waals surface area contributed by atoms with Crippen LogP contribution in [0.15, 0.2) is 57.7 Å². The first kappa shape index (κ1) is 17.7. The molecular weight excluding hydrogens is 337 g/mol. The standard InChI is InChI=1S/C20H18FNO4/c1-12-9-20(24)26-18-10-16(7-8-17(12)18)25-11-19(23)22-13(2)14-3-5-15(21)6-4-14/h3-10,13H,11H2,1-2H3,(H,22,23)/t13-/m1/s1. The number of hydrogen-bond acceptors (Lipinski definition) is 4. The molecule has 3 aromatic rings. The van der Waals surface area contributed by atoms with E-state index >= 15 is 0 Å². The first-order valence-corrected chi connectivity index (χ1v) is 8.14. The van der Waals surface area contributed by atoms with Gasteiger partial charge in [0, 0.05) is 17.5 Å². The molecule has 0 bridgehead atoms. The molecule has 1 N–H and O–H groups in total. The van der Waals surface area contributed by atoms with Crippen LogP contribution in [0.1, 0.15) is 24.1 Å². The van der Waals surface area contributed by atoms with E-state index in [-0.39, 0.29) is 24.4 Å². The van der Waals surface area contributed by atoms with Crippen molar-refractivity contribution in [2.75, 3.05) is 6.61 Å². The van der Waals surface area contributed by atoms with Crippen LogP contribution in [0.4, 0.5) is 4.39 Å². The maximum absolute atomic E-state index is 12.9.